The topological polar surface area (TPSA) is 114 Å². The van der Waals surface area contributed by atoms with E-state index in [1.165, 1.54) is 11.3 Å². The van der Waals surface area contributed by atoms with Crippen molar-refractivity contribution in [2.45, 2.75) is 18.8 Å². The Bertz CT molecular complexity index is 1130. The standard InChI is InChI=1S/C20H12BrClN4O2S/c1-11-19(10-25)17(26)28-20(11,12-2-4-14(22)5-3-12)27-16(18(19,8-23)9-24)15-6-13(21)7-29-15/h2-7,11,16,26H,1H3. The SMILES string of the molecule is CC1C2(c3ccc(Cl)cc3)OC(=N)C1(C#N)C(C#N)(C#N)C(c1cc(Br)cs1)O2. The van der Waals surface area contributed by atoms with Gasteiger partial charge in [0.05, 0.1) is 24.1 Å². The molecule has 2 aliphatic heterocycles. The van der Waals surface area contributed by atoms with Gasteiger partial charge in [0.1, 0.15) is 6.10 Å². The second kappa shape index (κ2) is 6.55. The smallest absolute Gasteiger partial charge is 0.244 e. The number of benzene rings is 1. The average molecular weight is 488 g/mol. The molecule has 144 valence electrons. The summed E-state index contributed by atoms with van der Waals surface area (Å²) in [5.74, 6) is -2.74. The number of hydrogen-bond donors (Lipinski definition) is 1. The number of hydrogen-bond acceptors (Lipinski definition) is 7. The van der Waals surface area contributed by atoms with E-state index in [4.69, 9.17) is 26.5 Å². The first-order valence-corrected chi connectivity index (χ1v) is 10.6. The Balaban J connectivity index is 2.03. The minimum atomic E-state index is -1.96. The lowest BCUT2D eigenvalue weighted by Gasteiger charge is -2.48. The molecule has 3 heterocycles. The molecule has 9 heteroatoms. The highest BCUT2D eigenvalue weighted by molar-refractivity contribution is 9.10. The number of rotatable bonds is 2. The van der Waals surface area contributed by atoms with Crippen molar-refractivity contribution in [3.8, 4) is 18.2 Å². The zero-order chi connectivity index (χ0) is 21.0. The number of nitrogens with one attached hydrogen (secondary N) is 1. The first-order valence-electron chi connectivity index (χ1n) is 8.51. The van der Waals surface area contributed by atoms with Crippen molar-refractivity contribution in [3.05, 3.63) is 55.6 Å². The zero-order valence-corrected chi connectivity index (χ0v) is 18.1. The monoisotopic (exact) mass is 486 g/mol. The van der Waals surface area contributed by atoms with E-state index in [1.807, 2.05) is 12.1 Å². The molecule has 1 aromatic carbocycles. The quantitative estimate of drug-likeness (QED) is 0.619. The van der Waals surface area contributed by atoms with Gasteiger partial charge in [0, 0.05) is 25.3 Å². The van der Waals surface area contributed by atoms with Crippen molar-refractivity contribution in [2.75, 3.05) is 0 Å². The Hall–Kier alpha value is -2.41. The lowest BCUT2D eigenvalue weighted by Crippen LogP contribution is -2.57. The molecular weight excluding hydrogens is 476 g/mol. The number of fused-ring (bicyclic) bond motifs is 2. The van der Waals surface area contributed by atoms with E-state index in [-0.39, 0.29) is 0 Å². The number of thiophene rings is 1. The zero-order valence-electron chi connectivity index (χ0n) is 14.9. The van der Waals surface area contributed by atoms with E-state index >= 15 is 0 Å². The summed E-state index contributed by atoms with van der Waals surface area (Å²) < 4.78 is 13.1. The third kappa shape index (κ3) is 2.31. The Morgan fingerprint density at radius 1 is 1.17 bits per heavy atom. The molecule has 6 nitrogen and oxygen atoms in total. The van der Waals surface area contributed by atoms with Gasteiger partial charge in [-0.25, -0.2) is 0 Å². The second-order valence-corrected chi connectivity index (χ2v) is 9.24. The van der Waals surface area contributed by atoms with Gasteiger partial charge >= 0.3 is 0 Å². The van der Waals surface area contributed by atoms with Gasteiger partial charge in [-0.15, -0.1) is 11.3 Å². The Morgan fingerprint density at radius 2 is 1.83 bits per heavy atom. The van der Waals surface area contributed by atoms with E-state index in [9.17, 15) is 15.8 Å². The maximum absolute atomic E-state index is 10.2. The number of halogens is 2. The van der Waals surface area contributed by atoms with Crippen LogP contribution in [0.15, 0.2) is 40.2 Å². The van der Waals surface area contributed by atoms with Gasteiger partial charge in [-0.1, -0.05) is 30.7 Å². The van der Waals surface area contributed by atoms with E-state index in [1.54, 1.807) is 42.6 Å². The van der Waals surface area contributed by atoms with Gasteiger partial charge in [0.25, 0.3) is 0 Å². The summed E-state index contributed by atoms with van der Waals surface area (Å²) in [5.41, 5.74) is -3.22. The predicted molar refractivity (Wildman–Crippen MR) is 109 cm³/mol. The third-order valence-corrected chi connectivity index (χ3v) is 7.75. The molecule has 2 aliphatic rings. The maximum Gasteiger partial charge on any atom is 0.244 e. The summed E-state index contributed by atoms with van der Waals surface area (Å²) in [6.07, 6.45) is -1.09. The van der Waals surface area contributed by atoms with Crippen LogP contribution in [-0.4, -0.2) is 5.90 Å². The average Bonchev–Trinajstić information content (AvgIpc) is 3.21. The van der Waals surface area contributed by atoms with Crippen LogP contribution in [0.4, 0.5) is 0 Å². The molecule has 1 N–H and O–H groups in total. The Kier molecular flexibility index (Phi) is 4.49. The van der Waals surface area contributed by atoms with Gasteiger partial charge in [0.2, 0.25) is 17.1 Å². The molecule has 2 bridgehead atoms. The fourth-order valence-electron chi connectivity index (χ4n) is 4.27. The largest absolute Gasteiger partial charge is 0.443 e. The van der Waals surface area contributed by atoms with Crippen molar-refractivity contribution < 1.29 is 9.47 Å². The van der Waals surface area contributed by atoms with Crippen molar-refractivity contribution >= 4 is 44.8 Å². The second-order valence-electron chi connectivity index (χ2n) is 6.94. The summed E-state index contributed by atoms with van der Waals surface area (Å²) in [7, 11) is 0. The minimum absolute atomic E-state index is 0.441. The molecule has 2 saturated heterocycles. The first kappa shape index (κ1) is 19.9. The van der Waals surface area contributed by atoms with Gasteiger partial charge in [-0.2, -0.15) is 15.8 Å². The van der Waals surface area contributed by atoms with Crippen LogP contribution in [-0.2, 0) is 15.3 Å². The third-order valence-electron chi connectivity index (χ3n) is 5.76. The van der Waals surface area contributed by atoms with Crippen LogP contribution in [0, 0.1) is 56.2 Å². The highest BCUT2D eigenvalue weighted by Gasteiger charge is 2.79. The molecule has 0 saturated carbocycles. The molecule has 0 aliphatic carbocycles. The van der Waals surface area contributed by atoms with Crippen LogP contribution < -0.4 is 0 Å². The van der Waals surface area contributed by atoms with Crippen LogP contribution >= 0.6 is 38.9 Å². The lowest BCUT2D eigenvalue weighted by atomic mass is 9.54. The van der Waals surface area contributed by atoms with Crippen LogP contribution in [0.3, 0.4) is 0 Å². The number of nitriles is 3. The van der Waals surface area contributed by atoms with Crippen LogP contribution in [0.5, 0.6) is 0 Å². The molecular formula is C20H12BrClN4O2S. The fraction of sp³-hybridized carbons (Fsp3) is 0.300. The Morgan fingerprint density at radius 3 is 2.34 bits per heavy atom. The molecule has 0 spiro atoms. The first-order chi connectivity index (χ1) is 13.8. The van der Waals surface area contributed by atoms with E-state index < -0.39 is 34.5 Å². The Labute approximate surface area is 184 Å². The molecule has 1 aromatic heterocycles. The summed E-state index contributed by atoms with van der Waals surface area (Å²) in [6, 6.07) is 14.6. The molecule has 0 amide bonds. The van der Waals surface area contributed by atoms with Crippen molar-refractivity contribution in [1.29, 1.82) is 21.2 Å². The van der Waals surface area contributed by atoms with Gasteiger partial charge < -0.3 is 9.47 Å². The molecule has 2 aromatic rings. The van der Waals surface area contributed by atoms with Crippen LogP contribution in [0.25, 0.3) is 0 Å². The normalized spacial score (nSPS) is 31.9. The molecule has 0 radical (unpaired) electrons. The van der Waals surface area contributed by atoms with Crippen LogP contribution in [0.2, 0.25) is 5.02 Å². The highest BCUT2D eigenvalue weighted by Crippen LogP contribution is 2.69. The molecule has 4 rings (SSSR count). The van der Waals surface area contributed by atoms with E-state index in [2.05, 4.69) is 22.0 Å². The van der Waals surface area contributed by atoms with Crippen molar-refractivity contribution in [3.63, 3.8) is 0 Å². The molecule has 4 atom stereocenters. The molecule has 2 fully saturated rings. The fourth-order valence-corrected chi connectivity index (χ4v) is 5.93. The lowest BCUT2D eigenvalue weighted by molar-refractivity contribution is -0.287. The number of ether oxygens (including phenoxy) is 2. The van der Waals surface area contributed by atoms with E-state index in [0.29, 0.717) is 15.5 Å². The molecule has 29 heavy (non-hydrogen) atoms. The maximum atomic E-state index is 10.2. The van der Waals surface area contributed by atoms with Gasteiger partial charge in [0.15, 0.2) is 5.41 Å². The van der Waals surface area contributed by atoms with Gasteiger partial charge in [-0.3, -0.25) is 5.41 Å². The summed E-state index contributed by atoms with van der Waals surface area (Å²) in [6.45, 7) is 1.67. The number of nitrogens with zero attached hydrogens (tertiary/aromatic N) is 3. The van der Waals surface area contributed by atoms with Crippen molar-refractivity contribution in [2.24, 2.45) is 16.7 Å². The minimum Gasteiger partial charge on any atom is -0.443 e. The van der Waals surface area contributed by atoms with Gasteiger partial charge in [-0.05, 0) is 34.1 Å². The molecule has 4 unspecified atom stereocenters. The highest BCUT2D eigenvalue weighted by atomic mass is 79.9. The summed E-state index contributed by atoms with van der Waals surface area (Å²) in [4.78, 5) is 0.586. The summed E-state index contributed by atoms with van der Waals surface area (Å²) in [5, 5.41) is 41.4. The summed E-state index contributed by atoms with van der Waals surface area (Å²) >= 11 is 10.7. The van der Waals surface area contributed by atoms with E-state index in [0.717, 1.165) is 4.47 Å². The van der Waals surface area contributed by atoms with Crippen molar-refractivity contribution in [1.82, 2.24) is 0 Å². The van der Waals surface area contributed by atoms with Crippen LogP contribution in [0.1, 0.15) is 23.5 Å². The predicted octanol–water partition coefficient (Wildman–Crippen LogP) is 5.28.